The van der Waals surface area contributed by atoms with Gasteiger partial charge in [0.15, 0.2) is 0 Å². The molecule has 0 fully saturated rings. The third-order valence-corrected chi connectivity index (χ3v) is 2.32. The van der Waals surface area contributed by atoms with Crippen molar-refractivity contribution in [3.8, 4) is 0 Å². The van der Waals surface area contributed by atoms with E-state index in [1.54, 1.807) is 12.3 Å². The van der Waals surface area contributed by atoms with E-state index < -0.39 is 5.82 Å². The molecule has 0 aliphatic rings. The van der Waals surface area contributed by atoms with Crippen LogP contribution in [0.3, 0.4) is 0 Å². The van der Waals surface area contributed by atoms with Gasteiger partial charge in [-0.25, -0.2) is 4.39 Å². The second kappa shape index (κ2) is 4.83. The monoisotopic (exact) mass is 245 g/mol. The predicted molar refractivity (Wildman–Crippen MR) is 67.7 cm³/mol. The lowest BCUT2D eigenvalue weighted by Gasteiger charge is -2.06. The number of nitrogen functional groups attached to an aromatic ring is 1. The quantitative estimate of drug-likeness (QED) is 0.798. The Balaban J connectivity index is 2.21. The number of pyridine rings is 1. The van der Waals surface area contributed by atoms with Crippen molar-refractivity contribution in [3.05, 3.63) is 53.6 Å². The first-order chi connectivity index (χ1) is 8.54. The van der Waals surface area contributed by atoms with Crippen LogP contribution < -0.4 is 11.1 Å². The van der Waals surface area contributed by atoms with Crippen LogP contribution in [0.1, 0.15) is 15.9 Å². The van der Waals surface area contributed by atoms with Gasteiger partial charge in [0.05, 0.1) is 5.56 Å². The number of aromatic nitrogens is 1. The number of hydrogen-bond donors (Lipinski definition) is 2. The molecule has 1 amide bonds. The third kappa shape index (κ3) is 2.82. The van der Waals surface area contributed by atoms with Crippen LogP contribution in [0.4, 0.5) is 15.8 Å². The molecular formula is C13H12FN3O. The van der Waals surface area contributed by atoms with Crippen LogP contribution in [0.15, 0.2) is 36.7 Å². The van der Waals surface area contributed by atoms with Gasteiger partial charge < -0.3 is 11.1 Å². The Hall–Kier alpha value is -2.43. The summed E-state index contributed by atoms with van der Waals surface area (Å²) in [7, 11) is 0. The summed E-state index contributed by atoms with van der Waals surface area (Å²) in [6.07, 6.45) is 3.10. The minimum Gasteiger partial charge on any atom is -0.399 e. The summed E-state index contributed by atoms with van der Waals surface area (Å²) in [5, 5.41) is 2.57. The highest BCUT2D eigenvalue weighted by atomic mass is 19.1. The average Bonchev–Trinajstić information content (AvgIpc) is 2.27. The number of nitrogens with two attached hydrogens (primary N) is 1. The van der Waals surface area contributed by atoms with Crippen molar-refractivity contribution in [2.24, 2.45) is 0 Å². The Morgan fingerprint density at radius 1 is 1.28 bits per heavy atom. The van der Waals surface area contributed by atoms with Crippen molar-refractivity contribution >= 4 is 17.3 Å². The van der Waals surface area contributed by atoms with Gasteiger partial charge in [0.1, 0.15) is 5.82 Å². The Morgan fingerprint density at radius 3 is 2.72 bits per heavy atom. The molecule has 0 unspecified atom stereocenters. The molecule has 2 rings (SSSR count). The van der Waals surface area contributed by atoms with E-state index in [1.165, 1.54) is 24.4 Å². The standard InChI is InChI=1S/C13H12FN3O/c1-8-2-9(7-16-6-8)13(18)17-12-4-10(14)3-11(15)5-12/h2-7H,15H2,1H3,(H,17,18). The number of amides is 1. The highest BCUT2D eigenvalue weighted by molar-refractivity contribution is 6.04. The van der Waals surface area contributed by atoms with Crippen LogP contribution in [0.2, 0.25) is 0 Å². The van der Waals surface area contributed by atoms with Gasteiger partial charge in [-0.05, 0) is 36.8 Å². The number of nitrogens with one attached hydrogen (secondary N) is 1. The van der Waals surface area contributed by atoms with Crippen molar-refractivity contribution < 1.29 is 9.18 Å². The number of halogens is 1. The molecule has 4 nitrogen and oxygen atoms in total. The van der Waals surface area contributed by atoms with Crippen LogP contribution >= 0.6 is 0 Å². The van der Waals surface area contributed by atoms with Crippen molar-refractivity contribution in [1.82, 2.24) is 4.98 Å². The van der Waals surface area contributed by atoms with Crippen LogP contribution in [0.25, 0.3) is 0 Å². The number of benzene rings is 1. The predicted octanol–water partition coefficient (Wildman–Crippen LogP) is 2.36. The zero-order chi connectivity index (χ0) is 13.1. The smallest absolute Gasteiger partial charge is 0.257 e. The van der Waals surface area contributed by atoms with Gasteiger partial charge >= 0.3 is 0 Å². The lowest BCUT2D eigenvalue weighted by molar-refractivity contribution is 0.102. The first-order valence-electron chi connectivity index (χ1n) is 5.33. The van der Waals surface area contributed by atoms with E-state index >= 15 is 0 Å². The SMILES string of the molecule is Cc1cncc(C(=O)Nc2cc(N)cc(F)c2)c1. The van der Waals surface area contributed by atoms with E-state index in [0.29, 0.717) is 11.3 Å². The molecule has 0 saturated heterocycles. The normalized spacial score (nSPS) is 10.1. The molecule has 92 valence electrons. The Kier molecular flexibility index (Phi) is 3.23. The minimum atomic E-state index is -0.493. The van der Waals surface area contributed by atoms with Gasteiger partial charge in [-0.15, -0.1) is 0 Å². The van der Waals surface area contributed by atoms with Gasteiger partial charge in [-0.2, -0.15) is 0 Å². The maximum atomic E-state index is 13.1. The molecule has 0 saturated carbocycles. The highest BCUT2D eigenvalue weighted by Gasteiger charge is 2.07. The van der Waals surface area contributed by atoms with Crippen molar-refractivity contribution in [2.75, 3.05) is 11.1 Å². The van der Waals surface area contributed by atoms with Crippen LogP contribution in [0, 0.1) is 12.7 Å². The summed E-state index contributed by atoms with van der Waals surface area (Å²) < 4.78 is 13.1. The number of hydrogen-bond acceptors (Lipinski definition) is 3. The van der Waals surface area contributed by atoms with Gasteiger partial charge in [0.2, 0.25) is 0 Å². The molecule has 3 N–H and O–H groups in total. The van der Waals surface area contributed by atoms with Crippen molar-refractivity contribution in [3.63, 3.8) is 0 Å². The summed E-state index contributed by atoms with van der Waals surface area (Å²) in [5.41, 5.74) is 7.36. The number of aryl methyl sites for hydroxylation is 1. The zero-order valence-corrected chi connectivity index (χ0v) is 9.77. The molecule has 1 heterocycles. The highest BCUT2D eigenvalue weighted by Crippen LogP contribution is 2.16. The average molecular weight is 245 g/mol. The Morgan fingerprint density at radius 2 is 2.06 bits per heavy atom. The van der Waals surface area contributed by atoms with Crippen LogP contribution in [-0.4, -0.2) is 10.9 Å². The number of carbonyl (C=O) groups is 1. The van der Waals surface area contributed by atoms with Gasteiger partial charge in [0, 0.05) is 23.8 Å². The summed E-state index contributed by atoms with van der Waals surface area (Å²) in [5.74, 6) is -0.844. The van der Waals surface area contributed by atoms with E-state index in [4.69, 9.17) is 5.73 Å². The van der Waals surface area contributed by atoms with E-state index in [0.717, 1.165) is 5.56 Å². The van der Waals surface area contributed by atoms with E-state index in [1.807, 2.05) is 6.92 Å². The number of nitrogens with zero attached hydrogens (tertiary/aromatic N) is 1. The fraction of sp³-hybridized carbons (Fsp3) is 0.0769. The zero-order valence-electron chi connectivity index (χ0n) is 9.77. The summed E-state index contributed by atoms with van der Waals surface area (Å²) >= 11 is 0. The molecule has 0 atom stereocenters. The third-order valence-electron chi connectivity index (χ3n) is 2.32. The Labute approximate surface area is 104 Å². The fourth-order valence-corrected chi connectivity index (χ4v) is 1.57. The molecule has 18 heavy (non-hydrogen) atoms. The first kappa shape index (κ1) is 12.0. The molecule has 0 bridgehead atoms. The van der Waals surface area contributed by atoms with E-state index in [9.17, 15) is 9.18 Å². The van der Waals surface area contributed by atoms with E-state index in [-0.39, 0.29) is 11.6 Å². The molecule has 0 radical (unpaired) electrons. The molecular weight excluding hydrogens is 233 g/mol. The van der Waals surface area contributed by atoms with E-state index in [2.05, 4.69) is 10.3 Å². The molecule has 1 aromatic heterocycles. The lowest BCUT2D eigenvalue weighted by atomic mass is 10.2. The fourth-order valence-electron chi connectivity index (χ4n) is 1.57. The van der Waals surface area contributed by atoms with Crippen molar-refractivity contribution in [2.45, 2.75) is 6.92 Å². The molecule has 1 aromatic carbocycles. The van der Waals surface area contributed by atoms with Crippen molar-refractivity contribution in [1.29, 1.82) is 0 Å². The summed E-state index contributed by atoms with van der Waals surface area (Å²) in [4.78, 5) is 15.8. The molecule has 0 aliphatic carbocycles. The topological polar surface area (TPSA) is 68.0 Å². The second-order valence-electron chi connectivity index (χ2n) is 3.98. The van der Waals surface area contributed by atoms with Gasteiger partial charge in [-0.3, -0.25) is 9.78 Å². The molecule has 5 heteroatoms. The minimum absolute atomic E-state index is 0.257. The lowest BCUT2D eigenvalue weighted by Crippen LogP contribution is -2.12. The first-order valence-corrected chi connectivity index (χ1v) is 5.33. The number of rotatable bonds is 2. The number of anilines is 2. The summed E-state index contributed by atoms with van der Waals surface area (Å²) in [6, 6.07) is 5.58. The maximum absolute atomic E-state index is 13.1. The molecule has 0 aliphatic heterocycles. The second-order valence-corrected chi connectivity index (χ2v) is 3.98. The van der Waals surface area contributed by atoms with Crippen LogP contribution in [-0.2, 0) is 0 Å². The summed E-state index contributed by atoms with van der Waals surface area (Å²) in [6.45, 7) is 1.84. The molecule has 0 spiro atoms. The Bertz CT molecular complexity index is 578. The maximum Gasteiger partial charge on any atom is 0.257 e. The van der Waals surface area contributed by atoms with Gasteiger partial charge in [0.25, 0.3) is 5.91 Å². The number of carbonyl (C=O) groups excluding carboxylic acids is 1. The largest absolute Gasteiger partial charge is 0.399 e. The van der Waals surface area contributed by atoms with Gasteiger partial charge in [-0.1, -0.05) is 0 Å². The molecule has 2 aromatic rings. The van der Waals surface area contributed by atoms with Crippen LogP contribution in [0.5, 0.6) is 0 Å².